The van der Waals surface area contributed by atoms with Crippen molar-refractivity contribution in [3.05, 3.63) is 63.6 Å². The average molecular weight is 331 g/mol. The van der Waals surface area contributed by atoms with Crippen LogP contribution in [0, 0.1) is 11.3 Å². The van der Waals surface area contributed by atoms with Gasteiger partial charge in [0, 0.05) is 11.0 Å². The molecule has 0 fully saturated rings. The molecule has 0 aliphatic carbocycles. The molecule has 2 N–H and O–H groups in total. The zero-order chi connectivity index (χ0) is 14.5. The number of benzene rings is 2. The van der Waals surface area contributed by atoms with Crippen LogP contribution < -0.4 is 5.32 Å². The smallest absolute Gasteiger partial charge is 0.335 e. The highest BCUT2D eigenvalue weighted by atomic mass is 79.9. The van der Waals surface area contributed by atoms with Crippen molar-refractivity contribution in [2.24, 2.45) is 0 Å². The number of nitrogens with zero attached hydrogens (tertiary/aromatic N) is 1. The van der Waals surface area contributed by atoms with Gasteiger partial charge in [0.2, 0.25) is 0 Å². The Balaban J connectivity index is 2.15. The summed E-state index contributed by atoms with van der Waals surface area (Å²) >= 11 is 3.31. The molecule has 0 amide bonds. The predicted molar refractivity (Wildman–Crippen MR) is 79.6 cm³/mol. The van der Waals surface area contributed by atoms with Gasteiger partial charge in [-0.2, -0.15) is 5.26 Å². The van der Waals surface area contributed by atoms with Crippen molar-refractivity contribution >= 4 is 27.6 Å². The standard InChI is InChI=1S/C15H11BrN2O2/c16-13-4-5-14(12(7-13)8-17)18-9-10-2-1-3-11(6-10)15(19)20/h1-7,18H,9H2,(H,19,20). The summed E-state index contributed by atoms with van der Waals surface area (Å²) in [5.74, 6) is -0.951. The van der Waals surface area contributed by atoms with Crippen LogP contribution in [0.2, 0.25) is 0 Å². The van der Waals surface area contributed by atoms with Gasteiger partial charge in [0.15, 0.2) is 0 Å². The Labute approximate surface area is 124 Å². The minimum atomic E-state index is -0.951. The lowest BCUT2D eigenvalue weighted by molar-refractivity contribution is 0.0697. The summed E-state index contributed by atoms with van der Waals surface area (Å²) in [6.07, 6.45) is 0. The first-order chi connectivity index (χ1) is 9.60. The van der Waals surface area contributed by atoms with E-state index < -0.39 is 5.97 Å². The number of halogens is 1. The van der Waals surface area contributed by atoms with Crippen molar-refractivity contribution in [2.45, 2.75) is 6.54 Å². The lowest BCUT2D eigenvalue weighted by atomic mass is 10.1. The third-order valence-corrected chi connectivity index (χ3v) is 3.25. The van der Waals surface area contributed by atoms with E-state index >= 15 is 0 Å². The lowest BCUT2D eigenvalue weighted by Crippen LogP contribution is -2.03. The van der Waals surface area contributed by atoms with Crippen LogP contribution in [0.5, 0.6) is 0 Å². The molecule has 0 unspecified atom stereocenters. The number of carboxylic acids is 1. The van der Waals surface area contributed by atoms with Crippen molar-refractivity contribution in [2.75, 3.05) is 5.32 Å². The highest BCUT2D eigenvalue weighted by molar-refractivity contribution is 9.10. The van der Waals surface area contributed by atoms with Crippen LogP contribution in [0.25, 0.3) is 0 Å². The first-order valence-electron chi connectivity index (χ1n) is 5.86. The fourth-order valence-electron chi connectivity index (χ4n) is 1.77. The molecule has 2 aromatic carbocycles. The van der Waals surface area contributed by atoms with Crippen LogP contribution in [-0.2, 0) is 6.54 Å². The van der Waals surface area contributed by atoms with Gasteiger partial charge in [-0.05, 0) is 35.9 Å². The molecule has 0 aliphatic rings. The summed E-state index contributed by atoms with van der Waals surface area (Å²) in [6.45, 7) is 0.456. The van der Waals surface area contributed by atoms with Crippen LogP contribution >= 0.6 is 15.9 Å². The second-order valence-corrected chi connectivity index (χ2v) is 5.08. The molecule has 2 aromatic rings. The maximum atomic E-state index is 10.9. The molecule has 0 spiro atoms. The Kier molecular flexibility index (Phi) is 4.38. The molecular weight excluding hydrogens is 320 g/mol. The van der Waals surface area contributed by atoms with Crippen molar-refractivity contribution < 1.29 is 9.90 Å². The molecule has 20 heavy (non-hydrogen) atoms. The number of hydrogen-bond acceptors (Lipinski definition) is 3. The van der Waals surface area contributed by atoms with Crippen LogP contribution in [0.15, 0.2) is 46.9 Å². The zero-order valence-corrected chi connectivity index (χ0v) is 12.0. The van der Waals surface area contributed by atoms with E-state index in [1.807, 2.05) is 18.2 Å². The molecule has 0 bridgehead atoms. The van der Waals surface area contributed by atoms with Crippen LogP contribution in [0.3, 0.4) is 0 Å². The van der Waals surface area contributed by atoms with Gasteiger partial charge in [0.25, 0.3) is 0 Å². The summed E-state index contributed by atoms with van der Waals surface area (Å²) in [7, 11) is 0. The molecule has 0 heterocycles. The Morgan fingerprint density at radius 3 is 2.80 bits per heavy atom. The summed E-state index contributed by atoms with van der Waals surface area (Å²) < 4.78 is 0.840. The molecule has 100 valence electrons. The Bertz CT molecular complexity index is 693. The third kappa shape index (κ3) is 3.37. The van der Waals surface area contributed by atoms with Gasteiger partial charge in [0.1, 0.15) is 6.07 Å². The highest BCUT2D eigenvalue weighted by Gasteiger charge is 2.05. The van der Waals surface area contributed by atoms with Crippen LogP contribution in [0.1, 0.15) is 21.5 Å². The van der Waals surface area contributed by atoms with E-state index in [4.69, 9.17) is 10.4 Å². The number of aromatic carboxylic acids is 1. The number of carboxylic acid groups (broad SMARTS) is 1. The predicted octanol–water partition coefficient (Wildman–Crippen LogP) is 3.63. The summed E-state index contributed by atoms with van der Waals surface area (Å²) in [6, 6.07) is 14.2. The topological polar surface area (TPSA) is 73.1 Å². The molecule has 0 atom stereocenters. The Morgan fingerprint density at radius 2 is 2.10 bits per heavy atom. The van der Waals surface area contributed by atoms with E-state index in [2.05, 4.69) is 27.3 Å². The first-order valence-corrected chi connectivity index (χ1v) is 6.65. The van der Waals surface area contributed by atoms with Crippen molar-refractivity contribution in [3.63, 3.8) is 0 Å². The molecule has 4 nitrogen and oxygen atoms in total. The molecule has 0 aromatic heterocycles. The molecule has 0 radical (unpaired) electrons. The second kappa shape index (κ2) is 6.22. The molecule has 0 aliphatic heterocycles. The van der Waals surface area contributed by atoms with Crippen LogP contribution in [0.4, 0.5) is 5.69 Å². The molecule has 5 heteroatoms. The number of anilines is 1. The number of nitriles is 1. The maximum absolute atomic E-state index is 10.9. The molecule has 0 saturated carbocycles. The number of carbonyl (C=O) groups is 1. The van der Waals surface area contributed by atoms with Gasteiger partial charge in [-0.1, -0.05) is 28.1 Å². The van der Waals surface area contributed by atoms with Gasteiger partial charge < -0.3 is 10.4 Å². The molecule has 2 rings (SSSR count). The fraction of sp³-hybridized carbons (Fsp3) is 0.0667. The third-order valence-electron chi connectivity index (χ3n) is 2.76. The normalized spacial score (nSPS) is 9.80. The Hall–Kier alpha value is -2.32. The quantitative estimate of drug-likeness (QED) is 0.897. The fourth-order valence-corrected chi connectivity index (χ4v) is 2.14. The van der Waals surface area contributed by atoms with Gasteiger partial charge in [0.05, 0.1) is 16.8 Å². The average Bonchev–Trinajstić information content (AvgIpc) is 2.46. The van der Waals surface area contributed by atoms with Gasteiger partial charge in [-0.25, -0.2) is 4.79 Å². The second-order valence-electron chi connectivity index (χ2n) is 4.16. The van der Waals surface area contributed by atoms with E-state index in [0.717, 1.165) is 15.7 Å². The minimum Gasteiger partial charge on any atom is -0.478 e. The highest BCUT2D eigenvalue weighted by Crippen LogP contribution is 2.21. The van der Waals surface area contributed by atoms with E-state index in [-0.39, 0.29) is 5.56 Å². The zero-order valence-electron chi connectivity index (χ0n) is 10.4. The molecular formula is C15H11BrN2O2. The number of hydrogen-bond donors (Lipinski definition) is 2. The van der Waals surface area contributed by atoms with E-state index in [1.54, 1.807) is 24.3 Å². The number of rotatable bonds is 4. The van der Waals surface area contributed by atoms with Gasteiger partial charge >= 0.3 is 5.97 Å². The van der Waals surface area contributed by atoms with Crippen molar-refractivity contribution in [1.82, 2.24) is 0 Å². The minimum absolute atomic E-state index is 0.251. The van der Waals surface area contributed by atoms with Crippen molar-refractivity contribution in [3.8, 4) is 6.07 Å². The largest absolute Gasteiger partial charge is 0.478 e. The summed E-state index contributed by atoms with van der Waals surface area (Å²) in [4.78, 5) is 10.9. The summed E-state index contributed by atoms with van der Waals surface area (Å²) in [5.41, 5.74) is 2.35. The lowest BCUT2D eigenvalue weighted by Gasteiger charge is -2.09. The van der Waals surface area contributed by atoms with E-state index in [1.165, 1.54) is 0 Å². The SMILES string of the molecule is N#Cc1cc(Br)ccc1NCc1cccc(C(=O)O)c1. The van der Waals surface area contributed by atoms with Crippen molar-refractivity contribution in [1.29, 1.82) is 5.26 Å². The first kappa shape index (κ1) is 14.1. The number of nitrogens with one attached hydrogen (secondary N) is 1. The maximum Gasteiger partial charge on any atom is 0.335 e. The van der Waals surface area contributed by atoms with Gasteiger partial charge in [-0.3, -0.25) is 0 Å². The van der Waals surface area contributed by atoms with Gasteiger partial charge in [-0.15, -0.1) is 0 Å². The van der Waals surface area contributed by atoms with Crippen LogP contribution in [-0.4, -0.2) is 11.1 Å². The monoisotopic (exact) mass is 330 g/mol. The summed E-state index contributed by atoms with van der Waals surface area (Å²) in [5, 5.41) is 21.1. The Morgan fingerprint density at radius 1 is 1.30 bits per heavy atom. The van der Waals surface area contributed by atoms with E-state index in [9.17, 15) is 4.79 Å². The van der Waals surface area contributed by atoms with E-state index in [0.29, 0.717) is 12.1 Å². The molecule has 0 saturated heterocycles.